The lowest BCUT2D eigenvalue weighted by Crippen LogP contribution is -2.36. The molecule has 0 radical (unpaired) electrons. The first-order chi connectivity index (χ1) is 6.70. The summed E-state index contributed by atoms with van der Waals surface area (Å²) in [6.45, 7) is 0. The number of rotatable bonds is 3. The third-order valence-electron chi connectivity index (χ3n) is 1.82. The molecule has 5 nitrogen and oxygen atoms in total. The molecule has 0 fully saturated rings. The summed E-state index contributed by atoms with van der Waals surface area (Å²) < 4.78 is 0. The van der Waals surface area contributed by atoms with Crippen molar-refractivity contribution in [3.8, 4) is 0 Å². The number of nitrogens with two attached hydrogens (primary N) is 1. The minimum atomic E-state index is -0.604. The van der Waals surface area contributed by atoms with Gasteiger partial charge >= 0.3 is 0 Å². The molecule has 0 aromatic heterocycles. The van der Waals surface area contributed by atoms with E-state index in [1.807, 2.05) is 11.5 Å². The summed E-state index contributed by atoms with van der Waals surface area (Å²) in [6, 6.07) is 7.05. The fourth-order valence-corrected chi connectivity index (χ4v) is 1.11. The second-order valence-corrected chi connectivity index (χ2v) is 2.64. The van der Waals surface area contributed by atoms with Gasteiger partial charge in [-0.25, -0.2) is 5.84 Å². The first-order valence-electron chi connectivity index (χ1n) is 4.07. The number of hydrogen-bond donors (Lipinski definition) is 4. The fraction of sp³-hybridized carbons (Fsp3) is 0.111. The third-order valence-corrected chi connectivity index (χ3v) is 1.82. The molecular weight excluding hydrogens is 180 g/mol. The molecule has 0 atom stereocenters. The van der Waals surface area contributed by atoms with E-state index in [0.29, 0.717) is 5.56 Å². The van der Waals surface area contributed by atoms with Gasteiger partial charge in [0.25, 0.3) is 5.91 Å². The lowest BCUT2D eigenvalue weighted by Gasteiger charge is -2.08. The molecule has 14 heavy (non-hydrogen) atoms. The summed E-state index contributed by atoms with van der Waals surface area (Å²) in [5.74, 6) is 4.34. The number of nitrogens with one attached hydrogen (secondary N) is 3. The fourth-order valence-electron chi connectivity index (χ4n) is 1.11. The molecule has 0 saturated carbocycles. The van der Waals surface area contributed by atoms with Crippen molar-refractivity contribution in [2.45, 2.75) is 0 Å². The molecule has 5 N–H and O–H groups in total. The normalized spacial score (nSPS) is 9.29. The monoisotopic (exact) mass is 192 g/mol. The average molecular weight is 192 g/mol. The van der Waals surface area contributed by atoms with Crippen LogP contribution in [0.15, 0.2) is 24.3 Å². The summed E-state index contributed by atoms with van der Waals surface area (Å²) in [7, 11) is 1.73. The largest absolute Gasteiger partial charge is 0.388 e. The zero-order valence-corrected chi connectivity index (χ0v) is 7.79. The Bertz CT molecular complexity index is 362. The first kappa shape index (κ1) is 10.2. The molecule has 1 aromatic carbocycles. The molecule has 0 aliphatic heterocycles. The maximum Gasteiger partial charge on any atom is 0.283 e. The number of carbonyl (C=O) groups is 1. The highest BCUT2D eigenvalue weighted by atomic mass is 16.2. The Kier molecular flexibility index (Phi) is 3.19. The van der Waals surface area contributed by atoms with Gasteiger partial charge in [-0.2, -0.15) is 0 Å². The van der Waals surface area contributed by atoms with Crippen LogP contribution >= 0.6 is 0 Å². The Labute approximate surface area is 81.8 Å². The molecule has 0 aliphatic carbocycles. The minimum Gasteiger partial charge on any atom is -0.388 e. The summed E-state index contributed by atoms with van der Waals surface area (Å²) in [5, 5.41) is 10.4. The van der Waals surface area contributed by atoms with E-state index in [4.69, 9.17) is 11.3 Å². The van der Waals surface area contributed by atoms with Crippen LogP contribution < -0.4 is 16.6 Å². The Hall–Kier alpha value is -1.88. The smallest absolute Gasteiger partial charge is 0.283 e. The van der Waals surface area contributed by atoms with E-state index in [9.17, 15) is 4.79 Å². The van der Waals surface area contributed by atoms with E-state index in [1.165, 1.54) is 0 Å². The SMILES string of the molecule is CNc1ccccc1C(=N)C(=O)NN. The van der Waals surface area contributed by atoms with Gasteiger partial charge in [-0.05, 0) is 6.07 Å². The first-order valence-corrected chi connectivity index (χ1v) is 4.07. The van der Waals surface area contributed by atoms with Crippen LogP contribution in [0.4, 0.5) is 5.69 Å². The summed E-state index contributed by atoms with van der Waals surface area (Å²) in [5.41, 5.74) is 3.02. The highest BCUT2D eigenvalue weighted by Gasteiger charge is 2.12. The topological polar surface area (TPSA) is 91.0 Å². The van der Waals surface area contributed by atoms with Crippen LogP contribution in [0, 0.1) is 5.41 Å². The van der Waals surface area contributed by atoms with Gasteiger partial charge in [0.05, 0.1) is 0 Å². The van der Waals surface area contributed by atoms with Crippen molar-refractivity contribution in [2.24, 2.45) is 5.84 Å². The van der Waals surface area contributed by atoms with Crippen molar-refractivity contribution in [1.82, 2.24) is 5.43 Å². The van der Waals surface area contributed by atoms with E-state index in [0.717, 1.165) is 5.69 Å². The van der Waals surface area contributed by atoms with Gasteiger partial charge in [0.1, 0.15) is 5.71 Å². The molecule has 5 heteroatoms. The van der Waals surface area contributed by atoms with Gasteiger partial charge in [0, 0.05) is 18.3 Å². The number of amides is 1. The molecule has 0 bridgehead atoms. The molecule has 0 spiro atoms. The van der Waals surface area contributed by atoms with Crippen LogP contribution in [0.1, 0.15) is 5.56 Å². The Morgan fingerprint density at radius 3 is 2.64 bits per heavy atom. The van der Waals surface area contributed by atoms with Crippen LogP contribution in [0.5, 0.6) is 0 Å². The third kappa shape index (κ3) is 1.89. The predicted molar refractivity (Wildman–Crippen MR) is 55.1 cm³/mol. The molecule has 1 amide bonds. The summed E-state index contributed by atoms with van der Waals surface area (Å²) >= 11 is 0. The van der Waals surface area contributed by atoms with Gasteiger partial charge in [-0.3, -0.25) is 15.6 Å². The lowest BCUT2D eigenvalue weighted by molar-refractivity contribution is -0.114. The molecule has 0 saturated heterocycles. The van der Waals surface area contributed by atoms with Crippen molar-refractivity contribution < 1.29 is 4.79 Å². The lowest BCUT2D eigenvalue weighted by atomic mass is 10.1. The van der Waals surface area contributed by atoms with Crippen molar-refractivity contribution in [3.05, 3.63) is 29.8 Å². The minimum absolute atomic E-state index is 0.155. The van der Waals surface area contributed by atoms with Crippen molar-refractivity contribution >= 4 is 17.3 Å². The number of hydrazine groups is 1. The van der Waals surface area contributed by atoms with Crippen LogP contribution in [0.25, 0.3) is 0 Å². The van der Waals surface area contributed by atoms with Crippen LogP contribution in [0.3, 0.4) is 0 Å². The maximum atomic E-state index is 11.1. The van der Waals surface area contributed by atoms with E-state index in [-0.39, 0.29) is 5.71 Å². The highest BCUT2D eigenvalue weighted by Crippen LogP contribution is 2.14. The highest BCUT2D eigenvalue weighted by molar-refractivity contribution is 6.45. The van der Waals surface area contributed by atoms with Gasteiger partial charge in [-0.15, -0.1) is 0 Å². The van der Waals surface area contributed by atoms with Gasteiger partial charge in [0.15, 0.2) is 0 Å². The predicted octanol–water partition coefficient (Wildman–Crippen LogP) is 0.0861. The number of carbonyl (C=O) groups excluding carboxylic acids is 1. The molecule has 0 unspecified atom stereocenters. The molecule has 1 rings (SSSR count). The van der Waals surface area contributed by atoms with Crippen LogP contribution in [-0.2, 0) is 4.79 Å². The molecule has 0 heterocycles. The van der Waals surface area contributed by atoms with Gasteiger partial charge < -0.3 is 5.32 Å². The quantitative estimate of drug-likeness (QED) is 0.237. The summed E-state index contributed by atoms with van der Waals surface area (Å²) in [6.07, 6.45) is 0. The standard InChI is InChI=1S/C9H12N4O/c1-12-7-5-3-2-4-6(7)8(10)9(14)13-11/h2-5,10,12H,11H2,1H3,(H,13,14). The molecule has 0 aliphatic rings. The van der Waals surface area contributed by atoms with Crippen LogP contribution in [-0.4, -0.2) is 18.7 Å². The second kappa shape index (κ2) is 4.38. The molecule has 74 valence electrons. The number of para-hydroxylation sites is 1. The van der Waals surface area contributed by atoms with Crippen LogP contribution in [0.2, 0.25) is 0 Å². The number of hydrogen-bond acceptors (Lipinski definition) is 4. The maximum absolute atomic E-state index is 11.1. The molecule has 1 aromatic rings. The van der Waals surface area contributed by atoms with Crippen molar-refractivity contribution in [1.29, 1.82) is 5.41 Å². The van der Waals surface area contributed by atoms with Gasteiger partial charge in [0.2, 0.25) is 0 Å². The summed E-state index contributed by atoms with van der Waals surface area (Å²) in [4.78, 5) is 11.1. The molecular formula is C9H12N4O. The van der Waals surface area contributed by atoms with Crippen molar-refractivity contribution in [2.75, 3.05) is 12.4 Å². The van der Waals surface area contributed by atoms with Gasteiger partial charge in [-0.1, -0.05) is 18.2 Å². The van der Waals surface area contributed by atoms with E-state index in [2.05, 4.69) is 5.32 Å². The second-order valence-electron chi connectivity index (χ2n) is 2.64. The Morgan fingerprint density at radius 2 is 2.07 bits per heavy atom. The zero-order valence-electron chi connectivity index (χ0n) is 7.79. The van der Waals surface area contributed by atoms with Crippen molar-refractivity contribution in [3.63, 3.8) is 0 Å². The zero-order chi connectivity index (χ0) is 10.6. The van der Waals surface area contributed by atoms with E-state index >= 15 is 0 Å². The number of benzene rings is 1. The van der Waals surface area contributed by atoms with E-state index in [1.54, 1.807) is 25.2 Å². The van der Waals surface area contributed by atoms with E-state index < -0.39 is 5.91 Å². The average Bonchev–Trinajstić information content (AvgIpc) is 2.26. The number of anilines is 1. The Morgan fingerprint density at radius 1 is 1.43 bits per heavy atom. The Balaban J connectivity index is 3.06.